The molecule has 0 aliphatic carbocycles. The molecule has 3 rings (SSSR count). The minimum Gasteiger partial charge on any atom is -0.318 e. The first-order valence-corrected chi connectivity index (χ1v) is 10.5. The van der Waals surface area contributed by atoms with Crippen molar-refractivity contribution in [2.24, 2.45) is 0 Å². The number of anilines is 1. The second-order valence-corrected chi connectivity index (χ2v) is 8.65. The molecule has 0 unspecified atom stereocenters. The summed E-state index contributed by atoms with van der Waals surface area (Å²) in [4.78, 5) is 24.7. The van der Waals surface area contributed by atoms with Gasteiger partial charge in [0.1, 0.15) is 5.82 Å². The fourth-order valence-electron chi connectivity index (χ4n) is 2.58. The third-order valence-corrected chi connectivity index (χ3v) is 5.45. The van der Waals surface area contributed by atoms with Crippen molar-refractivity contribution in [2.75, 3.05) is 11.6 Å². The Kier molecular flexibility index (Phi) is 5.54. The molecule has 1 amide bonds. The van der Waals surface area contributed by atoms with Gasteiger partial charge in [-0.3, -0.25) is 9.59 Å². The maximum absolute atomic E-state index is 14.1. The third kappa shape index (κ3) is 4.36. The van der Waals surface area contributed by atoms with Gasteiger partial charge in [0, 0.05) is 18.0 Å². The van der Waals surface area contributed by atoms with Crippen LogP contribution in [-0.4, -0.2) is 30.4 Å². The Morgan fingerprint density at radius 2 is 1.86 bits per heavy atom. The van der Waals surface area contributed by atoms with Crippen molar-refractivity contribution in [3.05, 3.63) is 81.0 Å². The van der Waals surface area contributed by atoms with Crippen LogP contribution < -0.4 is 10.7 Å². The highest BCUT2D eigenvalue weighted by Gasteiger charge is 2.19. The van der Waals surface area contributed by atoms with Crippen LogP contribution in [0.2, 0.25) is 5.02 Å². The van der Waals surface area contributed by atoms with E-state index in [-0.39, 0.29) is 10.6 Å². The molecule has 0 aliphatic heterocycles. The zero-order chi connectivity index (χ0) is 21.3. The molecule has 150 valence electrons. The Labute approximate surface area is 170 Å². The van der Waals surface area contributed by atoms with Crippen molar-refractivity contribution in [3.8, 4) is 5.69 Å². The Balaban J connectivity index is 2.04. The molecule has 0 spiro atoms. The fraction of sp³-hybridized carbons (Fsp3) is 0.105. The van der Waals surface area contributed by atoms with E-state index in [0.29, 0.717) is 16.4 Å². The predicted molar refractivity (Wildman–Crippen MR) is 107 cm³/mol. The molecule has 10 heteroatoms. The SMILES string of the molecule is Cc1cc(=O)c(C(=O)Nc2cc(S(C)(=O)=O)ccc2F)nn1-c1ccccc1Cl. The highest BCUT2D eigenvalue weighted by atomic mass is 35.5. The molecule has 0 saturated heterocycles. The zero-order valence-corrected chi connectivity index (χ0v) is 16.9. The number of nitrogens with one attached hydrogen (secondary N) is 1. The smallest absolute Gasteiger partial charge is 0.280 e. The van der Waals surface area contributed by atoms with E-state index in [9.17, 15) is 22.4 Å². The van der Waals surface area contributed by atoms with Gasteiger partial charge in [0.05, 0.1) is 21.3 Å². The first kappa shape index (κ1) is 20.7. The molecule has 1 aromatic heterocycles. The summed E-state index contributed by atoms with van der Waals surface area (Å²) in [5, 5.41) is 6.62. The molecule has 0 bridgehead atoms. The van der Waals surface area contributed by atoms with E-state index < -0.39 is 32.7 Å². The van der Waals surface area contributed by atoms with E-state index in [2.05, 4.69) is 10.4 Å². The lowest BCUT2D eigenvalue weighted by Gasteiger charge is -2.13. The van der Waals surface area contributed by atoms with Gasteiger partial charge in [0.2, 0.25) is 5.43 Å². The number of rotatable bonds is 4. The van der Waals surface area contributed by atoms with E-state index >= 15 is 0 Å². The lowest BCUT2D eigenvalue weighted by Crippen LogP contribution is -2.27. The minimum absolute atomic E-state index is 0.181. The molecule has 1 N–H and O–H groups in total. The summed E-state index contributed by atoms with van der Waals surface area (Å²) in [6, 6.07) is 10.9. The summed E-state index contributed by atoms with van der Waals surface area (Å²) < 4.78 is 38.7. The largest absolute Gasteiger partial charge is 0.318 e. The van der Waals surface area contributed by atoms with Crippen LogP contribution in [0, 0.1) is 12.7 Å². The molecule has 0 aliphatic rings. The summed E-state index contributed by atoms with van der Waals surface area (Å²) in [7, 11) is -3.62. The molecule has 0 saturated carbocycles. The number of amides is 1. The van der Waals surface area contributed by atoms with Crippen LogP contribution >= 0.6 is 11.6 Å². The quantitative estimate of drug-likeness (QED) is 0.635. The standard InChI is InChI=1S/C19H15ClFN3O4S/c1-11-9-17(25)18(23-24(11)16-6-4-3-5-13(16)20)19(26)22-15-10-12(29(2,27)28)7-8-14(15)21/h3-10H,1-2H3,(H,22,26). The molecule has 7 nitrogen and oxygen atoms in total. The summed E-state index contributed by atoms with van der Waals surface area (Å²) in [5.41, 5.74) is -0.678. The number of aryl methyl sites for hydroxylation is 1. The van der Waals surface area contributed by atoms with E-state index in [4.69, 9.17) is 11.6 Å². The van der Waals surface area contributed by atoms with E-state index in [0.717, 1.165) is 24.5 Å². The summed E-state index contributed by atoms with van der Waals surface area (Å²) in [5.74, 6) is -1.84. The highest BCUT2D eigenvalue weighted by Crippen LogP contribution is 2.21. The maximum atomic E-state index is 14.1. The first-order chi connectivity index (χ1) is 13.6. The molecular weight excluding hydrogens is 421 g/mol. The molecule has 29 heavy (non-hydrogen) atoms. The number of hydrogen-bond acceptors (Lipinski definition) is 5. The van der Waals surface area contributed by atoms with E-state index in [1.54, 1.807) is 31.2 Å². The molecule has 0 atom stereocenters. The Bertz CT molecular complexity index is 1290. The molecule has 2 aromatic carbocycles. The zero-order valence-electron chi connectivity index (χ0n) is 15.3. The van der Waals surface area contributed by atoms with Gasteiger partial charge in [-0.15, -0.1) is 0 Å². The summed E-state index contributed by atoms with van der Waals surface area (Å²) >= 11 is 6.17. The number of hydrogen-bond donors (Lipinski definition) is 1. The van der Waals surface area contributed by atoms with Crippen LogP contribution in [0.1, 0.15) is 16.2 Å². The van der Waals surface area contributed by atoms with Crippen LogP contribution in [0.3, 0.4) is 0 Å². The predicted octanol–water partition coefficient (Wildman–Crippen LogP) is 2.99. The highest BCUT2D eigenvalue weighted by molar-refractivity contribution is 7.90. The van der Waals surface area contributed by atoms with Gasteiger partial charge in [-0.2, -0.15) is 5.10 Å². The van der Waals surface area contributed by atoms with Crippen LogP contribution in [-0.2, 0) is 9.84 Å². The third-order valence-electron chi connectivity index (χ3n) is 4.02. The van der Waals surface area contributed by atoms with Crippen molar-refractivity contribution in [2.45, 2.75) is 11.8 Å². The average molecular weight is 436 g/mol. The number of nitrogens with zero attached hydrogens (tertiary/aromatic N) is 2. The van der Waals surface area contributed by atoms with Gasteiger partial charge in [0.25, 0.3) is 5.91 Å². The van der Waals surface area contributed by atoms with Gasteiger partial charge in [-0.1, -0.05) is 23.7 Å². The lowest BCUT2D eigenvalue weighted by atomic mass is 10.2. The number of benzene rings is 2. The second kappa shape index (κ2) is 7.76. The molecule has 3 aromatic rings. The van der Waals surface area contributed by atoms with Gasteiger partial charge in [-0.05, 0) is 37.3 Å². The van der Waals surface area contributed by atoms with Crippen molar-refractivity contribution in [3.63, 3.8) is 0 Å². The number of aromatic nitrogens is 2. The Morgan fingerprint density at radius 3 is 2.52 bits per heavy atom. The maximum Gasteiger partial charge on any atom is 0.280 e. The van der Waals surface area contributed by atoms with Crippen molar-refractivity contribution < 1.29 is 17.6 Å². The Hall–Kier alpha value is -3.04. The summed E-state index contributed by atoms with van der Waals surface area (Å²) in [6.07, 6.45) is 0.954. The average Bonchev–Trinajstić information content (AvgIpc) is 2.63. The molecule has 0 radical (unpaired) electrons. The fourth-order valence-corrected chi connectivity index (χ4v) is 3.45. The minimum atomic E-state index is -3.62. The van der Waals surface area contributed by atoms with Crippen LogP contribution in [0.25, 0.3) is 5.69 Å². The van der Waals surface area contributed by atoms with Gasteiger partial charge >= 0.3 is 0 Å². The normalized spacial score (nSPS) is 11.3. The lowest BCUT2D eigenvalue weighted by molar-refractivity contribution is 0.101. The summed E-state index contributed by atoms with van der Waals surface area (Å²) in [6.45, 7) is 1.62. The van der Waals surface area contributed by atoms with Crippen LogP contribution in [0.4, 0.5) is 10.1 Å². The van der Waals surface area contributed by atoms with Gasteiger partial charge in [-0.25, -0.2) is 17.5 Å². The van der Waals surface area contributed by atoms with Crippen molar-refractivity contribution in [1.82, 2.24) is 9.78 Å². The van der Waals surface area contributed by atoms with Gasteiger partial charge in [0.15, 0.2) is 15.5 Å². The number of sulfone groups is 1. The topological polar surface area (TPSA) is 98.1 Å². The molecule has 1 heterocycles. The number of carbonyl (C=O) groups excluding carboxylic acids is 1. The number of para-hydroxylation sites is 1. The number of carbonyl (C=O) groups is 1. The van der Waals surface area contributed by atoms with Crippen LogP contribution in [0.15, 0.2) is 58.2 Å². The molecular formula is C19H15ClFN3O4S. The monoisotopic (exact) mass is 435 g/mol. The first-order valence-electron chi connectivity index (χ1n) is 8.25. The second-order valence-electron chi connectivity index (χ2n) is 6.23. The number of halogens is 2. The Morgan fingerprint density at radius 1 is 1.17 bits per heavy atom. The molecule has 0 fully saturated rings. The van der Waals surface area contributed by atoms with Crippen LogP contribution in [0.5, 0.6) is 0 Å². The van der Waals surface area contributed by atoms with Gasteiger partial charge < -0.3 is 5.32 Å². The van der Waals surface area contributed by atoms with E-state index in [1.807, 2.05) is 0 Å². The van der Waals surface area contributed by atoms with Crippen molar-refractivity contribution >= 4 is 33.0 Å². The van der Waals surface area contributed by atoms with E-state index in [1.165, 1.54) is 10.7 Å². The van der Waals surface area contributed by atoms with Crippen molar-refractivity contribution in [1.29, 1.82) is 0 Å².